The molecule has 12 heteroatoms. The van der Waals surface area contributed by atoms with Gasteiger partial charge in [-0.05, 0) is 54.3 Å². The Morgan fingerprint density at radius 1 is 0.947 bits per heavy atom. The molecule has 1 fully saturated rings. The van der Waals surface area contributed by atoms with Gasteiger partial charge in [0.1, 0.15) is 11.6 Å². The molecular formula is C26H23F4N5O2S. The molecule has 0 aromatic heterocycles. The Labute approximate surface area is 216 Å². The first kappa shape index (κ1) is 24.9. The van der Waals surface area contributed by atoms with E-state index in [2.05, 4.69) is 26.2 Å². The SMILES string of the molecule is CC1=CCc2c1cc(F)cc2S(=O)(=O)Nc1ccc(F)c(-c2ccc3c(c2F)NNC3C2NCCN2)c1F. The van der Waals surface area contributed by atoms with Crippen LogP contribution in [0.15, 0.2) is 47.4 Å². The third-order valence-corrected chi connectivity index (χ3v) is 8.59. The van der Waals surface area contributed by atoms with Gasteiger partial charge in [0.2, 0.25) is 0 Å². The molecule has 2 heterocycles. The summed E-state index contributed by atoms with van der Waals surface area (Å²) in [5.41, 5.74) is 6.19. The monoisotopic (exact) mass is 545 g/mol. The zero-order valence-corrected chi connectivity index (χ0v) is 20.9. The summed E-state index contributed by atoms with van der Waals surface area (Å²) in [5, 5.41) is 6.48. The van der Waals surface area contributed by atoms with E-state index in [1.807, 2.05) is 0 Å². The fraction of sp³-hybridized carbons (Fsp3) is 0.231. The lowest BCUT2D eigenvalue weighted by Gasteiger charge is -2.19. The minimum atomic E-state index is -4.47. The van der Waals surface area contributed by atoms with Crippen LogP contribution in [0.25, 0.3) is 16.7 Å². The number of nitrogens with one attached hydrogen (secondary N) is 5. The van der Waals surface area contributed by atoms with E-state index in [0.29, 0.717) is 16.7 Å². The van der Waals surface area contributed by atoms with Crippen LogP contribution in [0.4, 0.5) is 28.9 Å². The molecule has 0 radical (unpaired) electrons. The first-order valence-electron chi connectivity index (χ1n) is 12.0. The molecule has 6 rings (SSSR count). The largest absolute Gasteiger partial charge is 0.318 e. The predicted molar refractivity (Wildman–Crippen MR) is 136 cm³/mol. The number of sulfonamides is 1. The number of benzene rings is 3. The Morgan fingerprint density at radius 3 is 2.47 bits per heavy atom. The van der Waals surface area contributed by atoms with Crippen molar-refractivity contribution in [1.29, 1.82) is 0 Å². The number of fused-ring (bicyclic) bond motifs is 2. The van der Waals surface area contributed by atoms with E-state index in [1.54, 1.807) is 19.1 Å². The van der Waals surface area contributed by atoms with Crippen molar-refractivity contribution in [2.24, 2.45) is 0 Å². The number of hydrogen-bond donors (Lipinski definition) is 5. The molecule has 3 aromatic carbocycles. The van der Waals surface area contributed by atoms with Crippen molar-refractivity contribution in [2.45, 2.75) is 30.4 Å². The predicted octanol–water partition coefficient (Wildman–Crippen LogP) is 4.16. The van der Waals surface area contributed by atoms with Crippen LogP contribution in [-0.2, 0) is 16.4 Å². The van der Waals surface area contributed by atoms with Gasteiger partial charge in [-0.1, -0.05) is 18.2 Å². The maximum atomic E-state index is 15.7. The van der Waals surface area contributed by atoms with Crippen LogP contribution in [0, 0.1) is 23.3 Å². The standard InChI is InChI=1S/C26H23F4N5O2S/c1-12-2-3-14-17(12)10-13(27)11-20(14)38(36,37)35-19-7-6-18(28)21(23(19)30)15-4-5-16-24(22(15)29)33-34-25(16)26-31-8-9-32-26/h2,4-7,10-11,25-26,31-35H,3,8-9H2,1H3. The smallest absolute Gasteiger partial charge is 0.262 e. The molecule has 1 aliphatic carbocycles. The normalized spacial score (nSPS) is 18.8. The average molecular weight is 546 g/mol. The van der Waals surface area contributed by atoms with Crippen molar-refractivity contribution in [1.82, 2.24) is 16.1 Å². The zero-order chi connectivity index (χ0) is 26.8. The van der Waals surface area contributed by atoms with Crippen molar-refractivity contribution in [3.63, 3.8) is 0 Å². The molecule has 5 N–H and O–H groups in total. The second-order valence-corrected chi connectivity index (χ2v) is 11.1. The minimum Gasteiger partial charge on any atom is -0.318 e. The van der Waals surface area contributed by atoms with E-state index >= 15 is 8.78 Å². The number of anilines is 2. The van der Waals surface area contributed by atoms with Gasteiger partial charge in [0.05, 0.1) is 34.0 Å². The van der Waals surface area contributed by atoms with Crippen LogP contribution in [0.3, 0.4) is 0 Å². The van der Waals surface area contributed by atoms with Gasteiger partial charge in [0.15, 0.2) is 11.6 Å². The Balaban J connectivity index is 1.38. The van der Waals surface area contributed by atoms with Crippen LogP contribution >= 0.6 is 0 Å². The van der Waals surface area contributed by atoms with Crippen LogP contribution in [0.1, 0.15) is 29.7 Å². The quantitative estimate of drug-likeness (QED) is 0.309. The summed E-state index contributed by atoms with van der Waals surface area (Å²) < 4.78 is 89.0. The maximum absolute atomic E-state index is 15.7. The molecule has 1 atom stereocenters. The lowest BCUT2D eigenvalue weighted by Crippen LogP contribution is -2.42. The molecule has 198 valence electrons. The van der Waals surface area contributed by atoms with Crippen LogP contribution in [-0.4, -0.2) is 27.7 Å². The molecule has 1 unspecified atom stereocenters. The number of hydrogen-bond acceptors (Lipinski definition) is 6. The molecule has 0 saturated carbocycles. The van der Waals surface area contributed by atoms with E-state index in [0.717, 1.165) is 36.9 Å². The van der Waals surface area contributed by atoms with Crippen molar-refractivity contribution in [3.8, 4) is 11.1 Å². The van der Waals surface area contributed by atoms with Gasteiger partial charge in [-0.25, -0.2) is 31.4 Å². The third kappa shape index (κ3) is 3.95. The zero-order valence-electron chi connectivity index (χ0n) is 20.1. The topological polar surface area (TPSA) is 94.3 Å². The van der Waals surface area contributed by atoms with E-state index in [1.165, 1.54) is 12.1 Å². The highest BCUT2D eigenvalue weighted by Crippen LogP contribution is 2.41. The highest BCUT2D eigenvalue weighted by Gasteiger charge is 2.35. The lowest BCUT2D eigenvalue weighted by atomic mass is 9.97. The Morgan fingerprint density at radius 2 is 1.71 bits per heavy atom. The Hall–Kier alpha value is -3.45. The van der Waals surface area contributed by atoms with Gasteiger partial charge < -0.3 is 5.43 Å². The molecule has 0 amide bonds. The molecule has 3 aromatic rings. The lowest BCUT2D eigenvalue weighted by molar-refractivity contribution is 0.423. The summed E-state index contributed by atoms with van der Waals surface area (Å²) in [4.78, 5) is -0.343. The highest BCUT2D eigenvalue weighted by molar-refractivity contribution is 7.92. The third-order valence-electron chi connectivity index (χ3n) is 7.15. The van der Waals surface area contributed by atoms with Crippen molar-refractivity contribution in [2.75, 3.05) is 23.2 Å². The maximum Gasteiger partial charge on any atom is 0.262 e. The molecule has 0 bridgehead atoms. The first-order valence-corrected chi connectivity index (χ1v) is 13.5. The molecule has 3 aliphatic rings. The number of halogens is 4. The Kier molecular flexibility index (Phi) is 5.94. The number of rotatable bonds is 5. The van der Waals surface area contributed by atoms with Gasteiger partial charge in [-0.3, -0.25) is 15.4 Å². The van der Waals surface area contributed by atoms with E-state index in [-0.39, 0.29) is 34.8 Å². The summed E-state index contributed by atoms with van der Waals surface area (Å²) in [6, 6.07) is 6.37. The summed E-state index contributed by atoms with van der Waals surface area (Å²) in [6.45, 7) is 3.22. The molecule has 38 heavy (non-hydrogen) atoms. The van der Waals surface area contributed by atoms with Crippen LogP contribution in [0.5, 0.6) is 0 Å². The molecule has 7 nitrogen and oxygen atoms in total. The van der Waals surface area contributed by atoms with Crippen molar-refractivity contribution in [3.05, 3.63) is 82.4 Å². The summed E-state index contributed by atoms with van der Waals surface area (Å²) in [7, 11) is -4.47. The second kappa shape index (κ2) is 9.09. The summed E-state index contributed by atoms with van der Waals surface area (Å²) in [6.07, 6.45) is 1.87. The van der Waals surface area contributed by atoms with Crippen LogP contribution in [0.2, 0.25) is 0 Å². The fourth-order valence-electron chi connectivity index (χ4n) is 5.28. The van der Waals surface area contributed by atoms with Gasteiger partial charge >= 0.3 is 0 Å². The van der Waals surface area contributed by atoms with E-state index < -0.39 is 44.5 Å². The van der Waals surface area contributed by atoms with Gasteiger partial charge in [0, 0.05) is 24.2 Å². The molecule has 0 spiro atoms. The van der Waals surface area contributed by atoms with Crippen molar-refractivity contribution >= 4 is 27.0 Å². The Bertz CT molecular complexity index is 1620. The van der Waals surface area contributed by atoms with Gasteiger partial charge in [-0.2, -0.15) is 0 Å². The summed E-state index contributed by atoms with van der Waals surface area (Å²) in [5.74, 6) is -4.02. The van der Waals surface area contributed by atoms with E-state index in [4.69, 9.17) is 0 Å². The number of allylic oxidation sites excluding steroid dienone is 2. The minimum absolute atomic E-state index is 0.0472. The average Bonchev–Trinajstić information content (AvgIpc) is 3.62. The second-order valence-electron chi connectivity index (χ2n) is 9.43. The fourth-order valence-corrected chi connectivity index (χ4v) is 6.62. The van der Waals surface area contributed by atoms with Crippen molar-refractivity contribution < 1.29 is 26.0 Å². The van der Waals surface area contributed by atoms with Gasteiger partial charge in [0.25, 0.3) is 10.0 Å². The van der Waals surface area contributed by atoms with Crippen LogP contribution < -0.4 is 26.2 Å². The molecule has 2 aliphatic heterocycles. The summed E-state index contributed by atoms with van der Waals surface area (Å²) >= 11 is 0. The number of hydrazine groups is 1. The molecular weight excluding hydrogens is 522 g/mol. The highest BCUT2D eigenvalue weighted by atomic mass is 32.2. The molecule has 1 saturated heterocycles. The first-order chi connectivity index (χ1) is 18.2. The van der Waals surface area contributed by atoms with E-state index in [9.17, 15) is 17.2 Å². The van der Waals surface area contributed by atoms with Gasteiger partial charge in [-0.15, -0.1) is 0 Å².